The monoisotopic (exact) mass is 490 g/mol. The van der Waals surface area contributed by atoms with Crippen molar-refractivity contribution in [1.29, 1.82) is 0 Å². The van der Waals surface area contributed by atoms with Crippen molar-refractivity contribution in [3.05, 3.63) is 99.6 Å². The van der Waals surface area contributed by atoms with Gasteiger partial charge in [-0.25, -0.2) is 4.98 Å². The maximum atomic E-state index is 12.8. The zero-order chi connectivity index (χ0) is 23.8. The highest BCUT2D eigenvalue weighted by Gasteiger charge is 2.25. The summed E-state index contributed by atoms with van der Waals surface area (Å²) in [5, 5.41) is 3.82. The molecule has 1 aliphatic rings. The molecule has 0 fully saturated rings. The number of rotatable bonds is 6. The third-order valence-electron chi connectivity index (χ3n) is 6.01. The average molecular weight is 491 g/mol. The molecule has 6 nitrogen and oxygen atoms in total. The van der Waals surface area contributed by atoms with Gasteiger partial charge in [0.25, 0.3) is 5.91 Å². The molecule has 0 saturated carbocycles. The van der Waals surface area contributed by atoms with Crippen LogP contribution < -0.4 is 11.1 Å². The summed E-state index contributed by atoms with van der Waals surface area (Å²) in [4.78, 5) is 29.1. The van der Waals surface area contributed by atoms with Gasteiger partial charge in [0.15, 0.2) is 0 Å². The van der Waals surface area contributed by atoms with E-state index >= 15 is 0 Å². The molecule has 0 aliphatic heterocycles. The number of hydrogen-bond acceptors (Lipinski definition) is 3. The van der Waals surface area contributed by atoms with Gasteiger partial charge in [-0.15, -0.1) is 0 Å². The minimum Gasteiger partial charge on any atom is -0.366 e. The van der Waals surface area contributed by atoms with E-state index in [2.05, 4.69) is 10.3 Å². The van der Waals surface area contributed by atoms with E-state index in [0.29, 0.717) is 40.7 Å². The topological polar surface area (TPSA) is 90.0 Å². The Balaban J connectivity index is 1.49. The molecular weight excluding hydrogens is 471 g/mol. The first-order chi connectivity index (χ1) is 16.4. The predicted octanol–water partition coefficient (Wildman–Crippen LogP) is 4.96. The minimum absolute atomic E-state index is 0.160. The molecule has 1 aliphatic carbocycles. The Morgan fingerprint density at radius 2 is 1.85 bits per heavy atom. The van der Waals surface area contributed by atoms with Crippen molar-refractivity contribution in [2.45, 2.75) is 13.0 Å². The summed E-state index contributed by atoms with van der Waals surface area (Å²) < 4.78 is 1.90. The zero-order valence-electron chi connectivity index (χ0n) is 18.0. The van der Waals surface area contributed by atoms with E-state index in [4.69, 9.17) is 28.9 Å². The lowest BCUT2D eigenvalue weighted by molar-refractivity contribution is 0.0951. The Morgan fingerprint density at radius 1 is 1.00 bits per heavy atom. The average Bonchev–Trinajstić information content (AvgIpc) is 3.47. The second-order valence-electron chi connectivity index (χ2n) is 8.15. The summed E-state index contributed by atoms with van der Waals surface area (Å²) in [6.45, 7) is 1.12. The molecule has 2 amide bonds. The maximum absolute atomic E-state index is 12.8. The first-order valence-corrected chi connectivity index (χ1v) is 11.5. The van der Waals surface area contributed by atoms with Crippen molar-refractivity contribution in [3.63, 3.8) is 0 Å². The third-order valence-corrected chi connectivity index (χ3v) is 6.75. The Bertz CT molecular complexity index is 1430. The molecule has 4 aromatic rings. The lowest BCUT2D eigenvalue weighted by atomic mass is 9.93. The Hall–Kier alpha value is -3.61. The van der Waals surface area contributed by atoms with Gasteiger partial charge in [0, 0.05) is 36.6 Å². The number of nitrogens with two attached hydrogens (primary N) is 1. The van der Waals surface area contributed by atoms with E-state index < -0.39 is 5.91 Å². The molecule has 0 spiro atoms. The van der Waals surface area contributed by atoms with E-state index in [1.165, 1.54) is 0 Å². The van der Waals surface area contributed by atoms with Crippen LogP contribution in [0.4, 0.5) is 0 Å². The molecular formula is C26H20Cl2N4O2. The number of halogens is 2. The summed E-state index contributed by atoms with van der Waals surface area (Å²) in [6, 6.07) is 14.7. The largest absolute Gasteiger partial charge is 0.366 e. The summed E-state index contributed by atoms with van der Waals surface area (Å²) in [6.07, 6.45) is 5.83. The number of benzene rings is 3. The first-order valence-electron chi connectivity index (χ1n) is 10.7. The van der Waals surface area contributed by atoms with Crippen LogP contribution in [-0.2, 0) is 13.0 Å². The summed E-state index contributed by atoms with van der Waals surface area (Å²) >= 11 is 12.3. The Labute approximate surface area is 206 Å². The van der Waals surface area contributed by atoms with E-state index in [-0.39, 0.29) is 5.91 Å². The van der Waals surface area contributed by atoms with Crippen LogP contribution >= 0.6 is 23.2 Å². The van der Waals surface area contributed by atoms with Crippen LogP contribution in [0.15, 0.2) is 67.3 Å². The van der Waals surface area contributed by atoms with Crippen molar-refractivity contribution < 1.29 is 9.59 Å². The van der Waals surface area contributed by atoms with Crippen molar-refractivity contribution in [1.82, 2.24) is 14.9 Å². The number of nitrogens with one attached hydrogen (secondary N) is 1. The second kappa shape index (κ2) is 8.97. The maximum Gasteiger partial charge on any atom is 0.251 e. The molecule has 8 heteroatoms. The summed E-state index contributed by atoms with van der Waals surface area (Å²) in [5.41, 5.74) is 12.1. The fourth-order valence-electron chi connectivity index (χ4n) is 4.30. The summed E-state index contributed by atoms with van der Waals surface area (Å²) in [5.74, 6) is -0.657. The molecule has 3 aromatic carbocycles. The van der Waals surface area contributed by atoms with Gasteiger partial charge >= 0.3 is 0 Å². The van der Waals surface area contributed by atoms with Crippen molar-refractivity contribution in [2.75, 3.05) is 6.54 Å². The fourth-order valence-corrected chi connectivity index (χ4v) is 4.60. The Morgan fingerprint density at radius 3 is 2.59 bits per heavy atom. The molecule has 0 saturated heterocycles. The normalized spacial score (nSPS) is 11.7. The number of hydrogen-bond donors (Lipinski definition) is 2. The SMILES string of the molecule is NC(=O)c1cc(-c2ccc(Cl)c(Cl)c2)cc2c1Cc1ccc(C(=O)NCCn3ccnc3)cc1-2. The fraction of sp³-hybridized carbons (Fsp3) is 0.115. The molecule has 0 bridgehead atoms. The minimum atomic E-state index is -0.497. The van der Waals surface area contributed by atoms with Crippen LogP contribution in [0.5, 0.6) is 0 Å². The lowest BCUT2D eigenvalue weighted by Gasteiger charge is -2.12. The van der Waals surface area contributed by atoms with Crippen LogP contribution in [-0.4, -0.2) is 27.9 Å². The number of amides is 2. The molecule has 5 rings (SSSR count). The lowest BCUT2D eigenvalue weighted by Crippen LogP contribution is -2.27. The van der Waals surface area contributed by atoms with Crippen molar-refractivity contribution >= 4 is 35.0 Å². The molecule has 0 radical (unpaired) electrons. The van der Waals surface area contributed by atoms with Crippen LogP contribution in [0.25, 0.3) is 22.3 Å². The van der Waals surface area contributed by atoms with Gasteiger partial charge in [-0.05, 0) is 76.2 Å². The standard InChI is InChI=1S/C26H20Cl2N4O2/c27-23-4-3-15(13-24(23)28)18-11-20-19-10-17(26(34)31-6-8-32-7-5-30-14-32)2-1-16(19)9-21(20)22(12-18)25(29)33/h1-5,7,10-14H,6,8-9H2,(H2,29,33)(H,31,34). The molecule has 1 aromatic heterocycles. The predicted molar refractivity (Wildman–Crippen MR) is 133 cm³/mol. The van der Waals surface area contributed by atoms with Gasteiger partial charge < -0.3 is 15.6 Å². The zero-order valence-corrected chi connectivity index (χ0v) is 19.5. The number of primary amides is 1. The molecule has 1 heterocycles. The van der Waals surface area contributed by atoms with Crippen molar-refractivity contribution in [3.8, 4) is 22.3 Å². The van der Waals surface area contributed by atoms with Crippen LogP contribution in [0, 0.1) is 0 Å². The molecule has 170 valence electrons. The van der Waals surface area contributed by atoms with Gasteiger partial charge in [-0.3, -0.25) is 9.59 Å². The van der Waals surface area contributed by atoms with E-state index in [1.54, 1.807) is 36.8 Å². The quantitative estimate of drug-likeness (QED) is 0.352. The van der Waals surface area contributed by atoms with E-state index in [9.17, 15) is 9.59 Å². The number of nitrogens with zero attached hydrogens (tertiary/aromatic N) is 2. The number of fused-ring (bicyclic) bond motifs is 3. The number of imidazole rings is 1. The van der Waals surface area contributed by atoms with Gasteiger partial charge in [0.05, 0.1) is 16.4 Å². The van der Waals surface area contributed by atoms with Crippen molar-refractivity contribution in [2.24, 2.45) is 5.73 Å². The van der Waals surface area contributed by atoms with Gasteiger partial charge in [0.2, 0.25) is 5.91 Å². The number of carbonyl (C=O) groups is 2. The highest BCUT2D eigenvalue weighted by molar-refractivity contribution is 6.42. The van der Waals surface area contributed by atoms with Crippen LogP contribution in [0.3, 0.4) is 0 Å². The van der Waals surface area contributed by atoms with Gasteiger partial charge in [-0.2, -0.15) is 0 Å². The first kappa shape index (κ1) is 22.2. The van der Waals surface area contributed by atoms with Crippen LogP contribution in [0.1, 0.15) is 31.8 Å². The van der Waals surface area contributed by atoms with E-state index in [1.807, 2.05) is 35.0 Å². The Kier molecular flexibility index (Phi) is 5.86. The third kappa shape index (κ3) is 4.18. The second-order valence-corrected chi connectivity index (χ2v) is 8.96. The molecule has 0 atom stereocenters. The number of aromatic nitrogens is 2. The molecule has 3 N–H and O–H groups in total. The molecule has 0 unspecified atom stereocenters. The highest BCUT2D eigenvalue weighted by atomic mass is 35.5. The molecule has 34 heavy (non-hydrogen) atoms. The van der Waals surface area contributed by atoms with Gasteiger partial charge in [0.1, 0.15) is 0 Å². The van der Waals surface area contributed by atoms with E-state index in [0.717, 1.165) is 33.4 Å². The highest BCUT2D eigenvalue weighted by Crippen LogP contribution is 2.42. The van der Waals surface area contributed by atoms with Gasteiger partial charge in [-0.1, -0.05) is 35.3 Å². The summed E-state index contributed by atoms with van der Waals surface area (Å²) in [7, 11) is 0. The van der Waals surface area contributed by atoms with Crippen LogP contribution in [0.2, 0.25) is 10.0 Å². The number of carbonyl (C=O) groups excluding carboxylic acids is 2. The smallest absolute Gasteiger partial charge is 0.251 e.